The largest absolute Gasteiger partial charge is 0.386 e. The number of piperazine rings is 1. The van der Waals surface area contributed by atoms with Gasteiger partial charge in [0.05, 0.1) is 47.0 Å². The standard InChI is InChI=1S/C44H49F2N9O5/c1-44(2,59)34-20-37-28(19-38(34)49-43(58)39-10-8-31-16-27(21-47)22-48-55(31)39)23-54(51-37)30-6-4-29(5-7-30)53-15-14-52(32(24-53)25-60-3)13-12-26-17-35(45)41(36(46)18-26)33-9-11-40(56)50-42(33)57/h8,10,16-20,22-23,29-30,32-33,59H,4-7,9,11-15,24-25H2,1-3H3,(H,49,58)(H,50,56,57)/t29?,30?,32-,33-/m1/s1. The SMILES string of the molecule is COC[C@H]1CN(C2CCC(n3cc4cc(NC(=O)c5ccc6cc(C#N)cnn56)c(C(C)(C)O)cc4n3)CC2)CCN1CCc1cc(F)c([C@H]2CCC(=O)NC2=O)c(F)c1. The lowest BCUT2D eigenvalue weighted by atomic mass is 9.88. The Hall–Kier alpha value is -5.60. The molecule has 3 amide bonds. The van der Waals surface area contributed by atoms with Gasteiger partial charge in [0.1, 0.15) is 23.4 Å². The average Bonchev–Trinajstić information content (AvgIpc) is 3.84. The van der Waals surface area contributed by atoms with E-state index in [-0.39, 0.29) is 30.5 Å². The Bertz CT molecular complexity index is 2470. The molecule has 16 heteroatoms. The molecule has 5 heterocycles. The summed E-state index contributed by atoms with van der Waals surface area (Å²) in [6, 6.07) is 14.1. The number of hydrogen-bond acceptors (Lipinski definition) is 10. The fourth-order valence-corrected chi connectivity index (χ4v) is 9.24. The first-order valence-corrected chi connectivity index (χ1v) is 20.5. The second-order valence-electron chi connectivity index (χ2n) is 16.8. The van der Waals surface area contributed by atoms with Gasteiger partial charge in [-0.15, -0.1) is 0 Å². The van der Waals surface area contributed by atoms with Crippen molar-refractivity contribution in [3.63, 3.8) is 0 Å². The number of benzene rings is 2. The molecule has 2 aliphatic heterocycles. The van der Waals surface area contributed by atoms with Gasteiger partial charge in [-0.25, -0.2) is 13.3 Å². The van der Waals surface area contributed by atoms with Crippen molar-refractivity contribution in [3.8, 4) is 6.07 Å². The third kappa shape index (κ3) is 8.40. The maximum absolute atomic E-state index is 15.2. The van der Waals surface area contributed by atoms with Crippen LogP contribution in [0.3, 0.4) is 0 Å². The van der Waals surface area contributed by atoms with Gasteiger partial charge in [0.2, 0.25) is 11.8 Å². The maximum atomic E-state index is 15.2. The van der Waals surface area contributed by atoms with Gasteiger partial charge < -0.3 is 15.2 Å². The van der Waals surface area contributed by atoms with Crippen LogP contribution in [0.2, 0.25) is 0 Å². The molecule has 1 aliphatic carbocycles. The van der Waals surface area contributed by atoms with Crippen LogP contribution in [0.5, 0.6) is 0 Å². The predicted octanol–water partition coefficient (Wildman–Crippen LogP) is 5.19. The van der Waals surface area contributed by atoms with E-state index in [1.807, 2.05) is 23.0 Å². The van der Waals surface area contributed by atoms with Crippen molar-refractivity contribution in [2.75, 3.05) is 45.2 Å². The molecule has 0 spiro atoms. The van der Waals surface area contributed by atoms with E-state index in [0.717, 1.165) is 56.2 Å². The smallest absolute Gasteiger partial charge is 0.274 e. The van der Waals surface area contributed by atoms with Gasteiger partial charge in [-0.05, 0) is 100 Å². The second kappa shape index (κ2) is 16.8. The molecule has 2 atom stereocenters. The fourth-order valence-electron chi connectivity index (χ4n) is 9.24. The van der Waals surface area contributed by atoms with E-state index >= 15 is 8.78 Å². The highest BCUT2D eigenvalue weighted by Gasteiger charge is 2.35. The number of anilines is 1. The summed E-state index contributed by atoms with van der Waals surface area (Å²) in [5.41, 5.74) is 2.00. The normalized spacial score (nSPS) is 21.9. The Morgan fingerprint density at radius 2 is 1.80 bits per heavy atom. The summed E-state index contributed by atoms with van der Waals surface area (Å²) in [4.78, 5) is 42.3. The monoisotopic (exact) mass is 821 g/mol. The zero-order valence-electron chi connectivity index (χ0n) is 34.0. The van der Waals surface area contributed by atoms with Crippen molar-refractivity contribution in [2.24, 2.45) is 0 Å². The number of ether oxygens (including phenoxy) is 1. The van der Waals surface area contributed by atoms with Crippen LogP contribution in [0.4, 0.5) is 14.5 Å². The highest BCUT2D eigenvalue weighted by Crippen LogP contribution is 2.36. The number of nitrogens with one attached hydrogen (secondary N) is 2. The summed E-state index contributed by atoms with van der Waals surface area (Å²) in [6.07, 6.45) is 7.83. The number of nitrogens with zero attached hydrogens (tertiary/aromatic N) is 7. The third-order valence-electron chi connectivity index (χ3n) is 12.4. The first-order chi connectivity index (χ1) is 28.8. The topological polar surface area (TPSA) is 170 Å². The molecule has 3 fully saturated rings. The summed E-state index contributed by atoms with van der Waals surface area (Å²) in [5, 5.41) is 35.6. The maximum Gasteiger partial charge on any atom is 0.274 e. The van der Waals surface area contributed by atoms with Gasteiger partial charge in [-0.2, -0.15) is 15.5 Å². The minimum absolute atomic E-state index is 0.0457. The molecule has 2 saturated heterocycles. The molecule has 2 aromatic carbocycles. The van der Waals surface area contributed by atoms with Gasteiger partial charge in [0.15, 0.2) is 0 Å². The number of hydrogen-bond donors (Lipinski definition) is 3. The van der Waals surface area contributed by atoms with Crippen molar-refractivity contribution in [2.45, 2.75) is 88.4 Å². The number of rotatable bonds is 11. The van der Waals surface area contributed by atoms with Crippen LogP contribution in [0.15, 0.2) is 54.9 Å². The molecule has 1 saturated carbocycles. The summed E-state index contributed by atoms with van der Waals surface area (Å²) >= 11 is 0. The van der Waals surface area contributed by atoms with Gasteiger partial charge in [0, 0.05) is 80.2 Å². The lowest BCUT2D eigenvalue weighted by Crippen LogP contribution is -2.58. The van der Waals surface area contributed by atoms with Crippen molar-refractivity contribution in [1.82, 2.24) is 34.5 Å². The number of nitriles is 1. The van der Waals surface area contributed by atoms with Crippen LogP contribution in [-0.4, -0.2) is 104 Å². The molecule has 0 unspecified atom stereocenters. The molecule has 314 valence electrons. The predicted molar refractivity (Wildman–Crippen MR) is 218 cm³/mol. The number of aromatic nitrogens is 4. The van der Waals surface area contributed by atoms with E-state index < -0.39 is 40.9 Å². The Morgan fingerprint density at radius 3 is 2.50 bits per heavy atom. The Kier molecular flexibility index (Phi) is 11.5. The van der Waals surface area contributed by atoms with Crippen LogP contribution in [0.1, 0.15) is 97.1 Å². The Balaban J connectivity index is 0.892. The molecule has 5 aromatic rings. The van der Waals surface area contributed by atoms with E-state index in [1.165, 1.54) is 22.8 Å². The summed E-state index contributed by atoms with van der Waals surface area (Å²) in [7, 11) is 1.69. The quantitative estimate of drug-likeness (QED) is 0.151. The number of methoxy groups -OCH3 is 1. The number of fused-ring (bicyclic) bond motifs is 2. The number of imide groups is 1. The first kappa shape index (κ1) is 41.1. The number of carbonyl (C=O) groups excluding carboxylic acids is 3. The van der Waals surface area contributed by atoms with Crippen molar-refractivity contribution in [3.05, 3.63) is 94.4 Å². The van der Waals surface area contributed by atoms with Gasteiger partial charge in [0.25, 0.3) is 5.91 Å². The van der Waals surface area contributed by atoms with E-state index in [0.29, 0.717) is 59.2 Å². The molecule has 8 rings (SSSR count). The van der Waals surface area contributed by atoms with Crippen LogP contribution >= 0.6 is 0 Å². The number of amides is 3. The highest BCUT2D eigenvalue weighted by atomic mass is 19.1. The van der Waals surface area contributed by atoms with Gasteiger partial charge in [-0.1, -0.05) is 0 Å². The van der Waals surface area contributed by atoms with E-state index in [9.17, 15) is 24.8 Å². The minimum atomic E-state index is -1.27. The summed E-state index contributed by atoms with van der Waals surface area (Å²) in [5.74, 6) is -4.05. The van der Waals surface area contributed by atoms with Crippen molar-refractivity contribution in [1.29, 1.82) is 5.26 Å². The average molecular weight is 822 g/mol. The lowest BCUT2D eigenvalue weighted by molar-refractivity contribution is -0.134. The highest BCUT2D eigenvalue weighted by molar-refractivity contribution is 6.05. The molecule has 0 bridgehead atoms. The zero-order valence-corrected chi connectivity index (χ0v) is 34.0. The second-order valence-corrected chi connectivity index (χ2v) is 16.8. The molecule has 3 aliphatic rings. The lowest BCUT2D eigenvalue weighted by Gasteiger charge is -2.46. The minimum Gasteiger partial charge on any atom is -0.386 e. The molecule has 3 N–H and O–H groups in total. The van der Waals surface area contributed by atoms with E-state index in [2.05, 4.69) is 31.6 Å². The summed E-state index contributed by atoms with van der Waals surface area (Å²) < 4.78 is 39.6. The van der Waals surface area contributed by atoms with Crippen LogP contribution in [0.25, 0.3) is 16.4 Å². The number of halogens is 2. The van der Waals surface area contributed by atoms with Gasteiger partial charge >= 0.3 is 0 Å². The van der Waals surface area contributed by atoms with Crippen molar-refractivity contribution >= 4 is 39.8 Å². The zero-order chi connectivity index (χ0) is 42.3. The van der Waals surface area contributed by atoms with Crippen LogP contribution in [-0.2, 0) is 26.3 Å². The number of aliphatic hydroxyl groups is 1. The Labute approximate surface area is 346 Å². The molecule has 60 heavy (non-hydrogen) atoms. The fraction of sp³-hybridized carbons (Fsp3) is 0.455. The molecule has 14 nitrogen and oxygen atoms in total. The molecule has 3 aromatic heterocycles. The van der Waals surface area contributed by atoms with E-state index in [4.69, 9.17) is 9.84 Å². The van der Waals surface area contributed by atoms with Gasteiger partial charge in [-0.3, -0.25) is 34.2 Å². The number of carbonyl (C=O) groups is 3. The molecular weight excluding hydrogens is 773 g/mol. The summed E-state index contributed by atoms with van der Waals surface area (Å²) in [6.45, 7) is 6.94. The van der Waals surface area contributed by atoms with E-state index in [1.54, 1.807) is 39.2 Å². The number of piperidine rings is 1. The Morgan fingerprint density at radius 1 is 1.05 bits per heavy atom. The molecule has 0 radical (unpaired) electrons. The van der Waals surface area contributed by atoms with Crippen LogP contribution in [0, 0.1) is 23.0 Å². The van der Waals surface area contributed by atoms with Crippen molar-refractivity contribution < 1.29 is 33.0 Å². The van der Waals surface area contributed by atoms with Crippen LogP contribution < -0.4 is 10.6 Å². The third-order valence-corrected chi connectivity index (χ3v) is 12.4. The first-order valence-electron chi connectivity index (χ1n) is 20.5. The molecular formula is C44H49F2N9O5.